The molecule has 0 saturated carbocycles. The first kappa shape index (κ1) is 29.6. The Hall–Kier alpha value is -3.33. The molecule has 0 radical (unpaired) electrons. The highest BCUT2D eigenvalue weighted by Crippen LogP contribution is 2.30. The molecule has 0 bridgehead atoms. The fraction of sp³-hybridized carbons (Fsp3) is 0.323. The summed E-state index contributed by atoms with van der Waals surface area (Å²) in [7, 11) is 0. The number of amides is 1. The normalized spacial score (nSPS) is 16.2. The molecule has 1 aliphatic carbocycles. The van der Waals surface area contributed by atoms with Crippen LogP contribution >= 0.6 is 23.4 Å². The molecule has 2 aromatic rings. The zero-order valence-electron chi connectivity index (χ0n) is 22.6. The van der Waals surface area contributed by atoms with Crippen molar-refractivity contribution in [1.82, 2.24) is 9.47 Å². The number of morpholine rings is 1. The van der Waals surface area contributed by atoms with E-state index in [-0.39, 0.29) is 23.8 Å². The third-order valence-corrected chi connectivity index (χ3v) is 8.16. The molecule has 2 heterocycles. The van der Waals surface area contributed by atoms with Crippen LogP contribution in [0.1, 0.15) is 47.8 Å². The second-order valence-electron chi connectivity index (χ2n) is 9.35. The van der Waals surface area contributed by atoms with Gasteiger partial charge in [-0.1, -0.05) is 47.6 Å². The van der Waals surface area contributed by atoms with Crippen molar-refractivity contribution in [3.8, 4) is 0 Å². The average molecular weight is 580 g/mol. The van der Waals surface area contributed by atoms with E-state index in [0.717, 1.165) is 32.1 Å². The van der Waals surface area contributed by atoms with Gasteiger partial charge in [-0.2, -0.15) is 0 Å². The van der Waals surface area contributed by atoms with Crippen molar-refractivity contribution in [2.75, 3.05) is 32.1 Å². The van der Waals surface area contributed by atoms with Gasteiger partial charge < -0.3 is 19.4 Å². The number of Topliss-reactive ketones (excluding diaryl/α,β-unsaturated/α-hetero) is 1. The first-order valence-electron chi connectivity index (χ1n) is 13.4. The molecule has 0 atom stereocenters. The molecule has 40 heavy (non-hydrogen) atoms. The summed E-state index contributed by atoms with van der Waals surface area (Å²) < 4.78 is 7.52. The third-order valence-electron chi connectivity index (χ3n) is 6.86. The van der Waals surface area contributed by atoms with Crippen molar-refractivity contribution < 1.29 is 19.5 Å². The quantitative estimate of drug-likeness (QED) is 0.183. The summed E-state index contributed by atoms with van der Waals surface area (Å²) >= 11 is 7.64. The maximum atomic E-state index is 13.1. The van der Waals surface area contributed by atoms with E-state index in [0.29, 0.717) is 57.0 Å². The summed E-state index contributed by atoms with van der Waals surface area (Å²) in [5.74, 6) is 0.366. The number of halogens is 1. The number of carbonyl (C=O) groups is 2. The van der Waals surface area contributed by atoms with E-state index in [1.165, 1.54) is 0 Å². The van der Waals surface area contributed by atoms with Crippen molar-refractivity contribution in [1.29, 1.82) is 0 Å². The molecule has 0 spiro atoms. The lowest BCUT2D eigenvalue weighted by Gasteiger charge is -2.26. The maximum Gasteiger partial charge on any atom is 0.254 e. The van der Waals surface area contributed by atoms with Crippen LogP contribution in [0.4, 0.5) is 0 Å². The summed E-state index contributed by atoms with van der Waals surface area (Å²) in [6.07, 6.45) is 14.5. The lowest BCUT2D eigenvalue weighted by molar-refractivity contribution is -0.112. The number of fused-ring (bicyclic) bond motifs is 1. The molecule has 0 unspecified atom stereocenters. The van der Waals surface area contributed by atoms with Gasteiger partial charge in [-0.15, -0.1) is 11.8 Å². The molecule has 4 rings (SSSR count). The van der Waals surface area contributed by atoms with Crippen LogP contribution in [0.5, 0.6) is 0 Å². The van der Waals surface area contributed by atoms with E-state index in [1.807, 2.05) is 53.5 Å². The van der Waals surface area contributed by atoms with Gasteiger partial charge >= 0.3 is 0 Å². The smallest absolute Gasteiger partial charge is 0.254 e. The molecule has 9 heteroatoms. The largest absolute Gasteiger partial charge is 0.411 e. The lowest BCUT2D eigenvalue weighted by Crippen LogP contribution is -2.40. The highest BCUT2D eigenvalue weighted by atomic mass is 35.5. The summed E-state index contributed by atoms with van der Waals surface area (Å²) in [5, 5.41) is 14.5. The number of rotatable bonds is 11. The van der Waals surface area contributed by atoms with Gasteiger partial charge in [0.15, 0.2) is 5.78 Å². The molecule has 1 aromatic heterocycles. The number of ketones is 1. The standard InChI is InChI=1S/C31H34ClN3O4S/c1-3-25-26-21-22(31(37)34-16-18-39-19-17-34)11-14-29(26)35(4-2)28(25)9-6-10-30(36)27(33-38)15-20-40-24-8-5-7-23(32)12-13-24/h3,5-6,8-9,11-14,21,38H,1,4,7,10,15-20H2,2H3/b9-6-,33-27+. The van der Waals surface area contributed by atoms with E-state index >= 15 is 0 Å². The van der Waals surface area contributed by atoms with Gasteiger partial charge in [-0.3, -0.25) is 9.59 Å². The summed E-state index contributed by atoms with van der Waals surface area (Å²) in [6.45, 7) is 9.06. The molecule has 1 N–H and O–H groups in total. The van der Waals surface area contributed by atoms with Crippen LogP contribution in [0.3, 0.4) is 0 Å². The van der Waals surface area contributed by atoms with E-state index in [9.17, 15) is 14.8 Å². The minimum absolute atomic E-state index is 0.00671. The Kier molecular flexibility index (Phi) is 10.6. The number of hydrogen-bond acceptors (Lipinski definition) is 6. The van der Waals surface area contributed by atoms with Crippen molar-refractivity contribution in [3.63, 3.8) is 0 Å². The fourth-order valence-corrected chi connectivity index (χ4v) is 5.84. The number of oxime groups is 1. The molecular weight excluding hydrogens is 546 g/mol. The predicted molar refractivity (Wildman–Crippen MR) is 165 cm³/mol. The number of aryl methyl sites for hydroxylation is 1. The number of aromatic nitrogens is 1. The van der Waals surface area contributed by atoms with E-state index in [4.69, 9.17) is 16.3 Å². The van der Waals surface area contributed by atoms with Crippen LogP contribution in [-0.4, -0.2) is 64.1 Å². The molecule has 2 aliphatic rings. The Labute approximate surface area is 244 Å². The van der Waals surface area contributed by atoms with Gasteiger partial charge in [-0.05, 0) is 43.4 Å². The molecule has 1 fully saturated rings. The Morgan fingerprint density at radius 3 is 2.77 bits per heavy atom. The first-order chi connectivity index (χ1) is 19.5. The number of carbonyl (C=O) groups excluding carboxylic acids is 2. The monoisotopic (exact) mass is 579 g/mol. The summed E-state index contributed by atoms with van der Waals surface area (Å²) in [5.41, 5.74) is 3.59. The van der Waals surface area contributed by atoms with Crippen LogP contribution in [0, 0.1) is 0 Å². The van der Waals surface area contributed by atoms with Crippen molar-refractivity contribution in [2.45, 2.75) is 32.7 Å². The Morgan fingerprint density at radius 2 is 2.05 bits per heavy atom. The van der Waals surface area contributed by atoms with E-state index in [2.05, 4.69) is 23.2 Å². The van der Waals surface area contributed by atoms with E-state index in [1.54, 1.807) is 23.9 Å². The molecular formula is C31H34ClN3O4S. The van der Waals surface area contributed by atoms with Gasteiger partial charge in [0.25, 0.3) is 5.91 Å². The second kappa shape index (κ2) is 14.3. The number of ether oxygens (including phenoxy) is 1. The van der Waals surface area contributed by atoms with Crippen molar-refractivity contribution in [2.24, 2.45) is 5.16 Å². The number of hydrogen-bond donors (Lipinski definition) is 1. The SMILES string of the molecule is C=Cc1c(/C=C\CC(=O)/C(CCSC2=CC=C(Cl)CC=C2)=N/O)n(CC)c2ccc(C(=O)N3CCOCC3)cc12. The lowest BCUT2D eigenvalue weighted by atomic mass is 10.1. The second-order valence-corrected chi connectivity index (χ2v) is 11.0. The third kappa shape index (κ3) is 7.05. The van der Waals surface area contributed by atoms with Gasteiger partial charge in [0.1, 0.15) is 5.71 Å². The minimum Gasteiger partial charge on any atom is -0.411 e. The van der Waals surface area contributed by atoms with Crippen molar-refractivity contribution >= 4 is 63.8 Å². The number of thioether (sulfide) groups is 1. The fourth-order valence-electron chi connectivity index (χ4n) is 4.80. The maximum absolute atomic E-state index is 13.1. The van der Waals surface area contributed by atoms with Gasteiger partial charge in [0.2, 0.25) is 0 Å². The molecule has 1 saturated heterocycles. The predicted octanol–water partition coefficient (Wildman–Crippen LogP) is 6.67. The highest BCUT2D eigenvalue weighted by molar-refractivity contribution is 8.03. The first-order valence-corrected chi connectivity index (χ1v) is 14.7. The Bertz CT molecular complexity index is 1430. The highest BCUT2D eigenvalue weighted by Gasteiger charge is 2.21. The number of benzene rings is 1. The van der Waals surface area contributed by atoms with Gasteiger partial charge in [0, 0.05) is 82.3 Å². The molecule has 210 valence electrons. The Morgan fingerprint density at radius 1 is 1.25 bits per heavy atom. The molecule has 1 aromatic carbocycles. The number of nitrogens with zero attached hydrogens (tertiary/aromatic N) is 3. The molecule has 1 aliphatic heterocycles. The number of allylic oxidation sites excluding steroid dienone is 6. The van der Waals surface area contributed by atoms with Crippen LogP contribution < -0.4 is 0 Å². The van der Waals surface area contributed by atoms with Crippen LogP contribution in [0.15, 0.2) is 70.3 Å². The van der Waals surface area contributed by atoms with Gasteiger partial charge in [-0.25, -0.2) is 0 Å². The Balaban J connectivity index is 1.46. The van der Waals surface area contributed by atoms with Crippen LogP contribution in [0.25, 0.3) is 23.1 Å². The zero-order valence-corrected chi connectivity index (χ0v) is 24.2. The zero-order chi connectivity index (χ0) is 28.5. The minimum atomic E-state index is -0.231. The molecule has 7 nitrogen and oxygen atoms in total. The summed E-state index contributed by atoms with van der Waals surface area (Å²) in [4.78, 5) is 28.7. The average Bonchev–Trinajstić information content (AvgIpc) is 3.12. The summed E-state index contributed by atoms with van der Waals surface area (Å²) in [6, 6.07) is 5.76. The molecule has 1 amide bonds. The van der Waals surface area contributed by atoms with Crippen molar-refractivity contribution in [3.05, 3.63) is 81.9 Å². The van der Waals surface area contributed by atoms with E-state index < -0.39 is 0 Å². The van der Waals surface area contributed by atoms with Gasteiger partial charge in [0.05, 0.1) is 13.2 Å². The topological polar surface area (TPSA) is 84.1 Å². The van der Waals surface area contributed by atoms with Crippen LogP contribution in [0.2, 0.25) is 0 Å². The van der Waals surface area contributed by atoms with Crippen LogP contribution in [-0.2, 0) is 16.1 Å².